The number of anilines is 1. The fraction of sp³-hybridized carbons (Fsp3) is 0.667. The maximum absolute atomic E-state index is 13.1. The Labute approximate surface area is 277 Å². The Kier molecular flexibility index (Phi) is 11.0. The third-order valence-electron chi connectivity index (χ3n) is 9.71. The Morgan fingerprint density at radius 2 is 1.56 bits per heavy atom. The molecule has 14 nitrogen and oxygen atoms in total. The summed E-state index contributed by atoms with van der Waals surface area (Å²) in [6.07, 6.45) is 0.651. The van der Waals surface area contributed by atoms with E-state index in [0.717, 1.165) is 69.1 Å². The zero-order valence-corrected chi connectivity index (χ0v) is 27.7. The van der Waals surface area contributed by atoms with E-state index in [-0.39, 0.29) is 18.4 Å². The number of carbonyl (C=O) groups excluding carboxylic acids is 2. The number of aliphatic carboxylic acids is 1. The van der Waals surface area contributed by atoms with Gasteiger partial charge in [0.15, 0.2) is 5.82 Å². The van der Waals surface area contributed by atoms with Crippen LogP contribution in [0.4, 0.5) is 23.8 Å². The molecule has 4 fully saturated rings. The molecule has 266 valence electrons. The summed E-state index contributed by atoms with van der Waals surface area (Å²) in [4.78, 5) is 36.9. The highest BCUT2D eigenvalue weighted by molar-refractivity contribution is 7.86. The number of carboxylic acids is 1. The number of nitrogens with one attached hydrogen (secondary N) is 1. The first kappa shape index (κ1) is 36.0. The van der Waals surface area contributed by atoms with Crippen molar-refractivity contribution in [2.45, 2.75) is 63.1 Å². The lowest BCUT2D eigenvalue weighted by Crippen LogP contribution is -2.51. The number of benzene rings is 1. The maximum Gasteiger partial charge on any atom is 0.490 e. The summed E-state index contributed by atoms with van der Waals surface area (Å²) in [6, 6.07) is 6.12. The van der Waals surface area contributed by atoms with Gasteiger partial charge in [0.25, 0.3) is 10.2 Å². The zero-order chi connectivity index (χ0) is 34.8. The number of urea groups is 1. The van der Waals surface area contributed by atoms with Gasteiger partial charge < -0.3 is 15.7 Å². The summed E-state index contributed by atoms with van der Waals surface area (Å²) in [7, 11) is -1.48. The highest BCUT2D eigenvalue weighted by atomic mass is 32.2. The molecule has 0 aliphatic carbocycles. The largest absolute Gasteiger partial charge is 0.490 e. The number of imide groups is 1. The first-order valence-corrected chi connectivity index (χ1v) is 17.6. The lowest BCUT2D eigenvalue weighted by molar-refractivity contribution is -0.192. The molecule has 3 amide bonds. The predicted octanol–water partition coefficient (Wildman–Crippen LogP) is 2.21. The molecule has 0 saturated carbocycles. The summed E-state index contributed by atoms with van der Waals surface area (Å²) >= 11 is 0. The minimum absolute atomic E-state index is 0.116. The van der Waals surface area contributed by atoms with Crippen LogP contribution in [-0.4, -0.2) is 119 Å². The number of hydrogen-bond acceptors (Lipinski definition) is 8. The third kappa shape index (κ3) is 8.27. The second-order valence-electron chi connectivity index (χ2n) is 12.9. The van der Waals surface area contributed by atoms with Gasteiger partial charge in [-0.25, -0.2) is 9.59 Å². The van der Waals surface area contributed by atoms with Crippen molar-refractivity contribution >= 4 is 44.8 Å². The molecule has 2 aromatic rings. The number of likely N-dealkylation sites (tertiary alicyclic amines) is 1. The first-order chi connectivity index (χ1) is 22.6. The van der Waals surface area contributed by atoms with Crippen molar-refractivity contribution in [1.82, 2.24) is 28.6 Å². The zero-order valence-electron chi connectivity index (χ0n) is 26.9. The molecule has 1 aromatic carbocycles. The molecule has 0 atom stereocenters. The first-order valence-electron chi connectivity index (χ1n) is 16.2. The number of nitrogens with zero attached hydrogens (tertiary/aromatic N) is 6. The molecule has 4 N–H and O–H groups in total. The van der Waals surface area contributed by atoms with Crippen molar-refractivity contribution in [2.75, 3.05) is 57.3 Å². The normalized spacial score (nSPS) is 22.1. The number of halogens is 3. The molecule has 6 rings (SSSR count). The molecule has 0 spiro atoms. The fourth-order valence-corrected chi connectivity index (χ4v) is 8.55. The summed E-state index contributed by atoms with van der Waals surface area (Å²) in [5, 5.41) is 15.0. The van der Waals surface area contributed by atoms with E-state index in [1.54, 1.807) is 13.5 Å². The van der Waals surface area contributed by atoms with Crippen molar-refractivity contribution in [1.29, 1.82) is 0 Å². The standard InChI is InChI=1S/C28H42N8O4S.C2HF3O2/c1-32-25-18-22(2-3-24(25)27(31-32)36-17-10-26(37)30-28(36)38)21-6-11-33(12-7-21)19-20-4-13-34(14-5-20)41(39,40)35-15-8-23(29)9-16-35;3-2(4,5)1(6)7/h2-3,18,20-21,23H,4-17,19,29H2,1H3,(H,30,37,38);(H,6,7). The molecule has 4 saturated heterocycles. The van der Waals surface area contributed by atoms with Gasteiger partial charge in [0, 0.05) is 64.2 Å². The Hall–Kier alpha value is -3.32. The van der Waals surface area contributed by atoms with E-state index < -0.39 is 28.4 Å². The number of nitrogens with two attached hydrogens (primary N) is 1. The molecule has 0 radical (unpaired) electrons. The molecule has 1 aromatic heterocycles. The van der Waals surface area contributed by atoms with E-state index in [9.17, 15) is 31.2 Å². The van der Waals surface area contributed by atoms with Crippen LogP contribution < -0.4 is 16.0 Å². The number of aromatic nitrogens is 2. The summed E-state index contributed by atoms with van der Waals surface area (Å²) in [6.45, 7) is 5.71. The Morgan fingerprint density at radius 3 is 2.12 bits per heavy atom. The van der Waals surface area contributed by atoms with Crippen LogP contribution in [0.3, 0.4) is 0 Å². The van der Waals surface area contributed by atoms with Crippen LogP contribution in [0.2, 0.25) is 0 Å². The van der Waals surface area contributed by atoms with Crippen LogP contribution in [0.15, 0.2) is 18.2 Å². The summed E-state index contributed by atoms with van der Waals surface area (Å²) in [5.74, 6) is -1.42. The monoisotopic (exact) mass is 700 g/mol. The van der Waals surface area contributed by atoms with Crippen LogP contribution >= 0.6 is 0 Å². The van der Waals surface area contributed by atoms with E-state index in [1.807, 2.05) is 11.7 Å². The van der Waals surface area contributed by atoms with Crippen molar-refractivity contribution in [2.24, 2.45) is 18.7 Å². The second kappa shape index (κ2) is 14.7. The molecule has 4 aliphatic rings. The Bertz CT molecular complexity index is 1600. The molecular weight excluding hydrogens is 657 g/mol. The fourth-order valence-electron chi connectivity index (χ4n) is 6.88. The van der Waals surface area contributed by atoms with Gasteiger partial charge >= 0.3 is 18.2 Å². The average molecular weight is 701 g/mol. The number of rotatable bonds is 6. The molecule has 5 heterocycles. The van der Waals surface area contributed by atoms with E-state index >= 15 is 0 Å². The lowest BCUT2D eigenvalue weighted by Gasteiger charge is -2.39. The molecule has 0 unspecified atom stereocenters. The maximum atomic E-state index is 13.1. The number of carboxylic acid groups (broad SMARTS) is 1. The highest BCUT2D eigenvalue weighted by Gasteiger charge is 2.38. The minimum atomic E-state index is -5.08. The van der Waals surface area contributed by atoms with Crippen LogP contribution in [0.5, 0.6) is 0 Å². The van der Waals surface area contributed by atoms with Gasteiger partial charge in [-0.05, 0) is 81.1 Å². The lowest BCUT2D eigenvalue weighted by atomic mass is 9.88. The van der Waals surface area contributed by atoms with Crippen molar-refractivity contribution in [3.63, 3.8) is 0 Å². The quantitative estimate of drug-likeness (QED) is 0.408. The van der Waals surface area contributed by atoms with E-state index in [2.05, 4.69) is 33.5 Å². The van der Waals surface area contributed by atoms with E-state index in [0.29, 0.717) is 50.4 Å². The van der Waals surface area contributed by atoms with Gasteiger partial charge in [-0.15, -0.1) is 0 Å². The van der Waals surface area contributed by atoms with Gasteiger partial charge in [-0.2, -0.15) is 35.3 Å². The number of hydrogen-bond donors (Lipinski definition) is 3. The summed E-state index contributed by atoms with van der Waals surface area (Å²) in [5.41, 5.74) is 8.24. The smallest absolute Gasteiger partial charge is 0.475 e. The number of alkyl halides is 3. The topological polar surface area (TPSA) is 174 Å². The molecule has 4 aliphatic heterocycles. The van der Waals surface area contributed by atoms with Gasteiger partial charge in [0.1, 0.15) is 0 Å². The summed E-state index contributed by atoms with van der Waals surface area (Å²) < 4.78 is 63.0. The van der Waals surface area contributed by atoms with Crippen molar-refractivity contribution in [3.05, 3.63) is 23.8 Å². The number of carbonyl (C=O) groups is 3. The van der Waals surface area contributed by atoms with E-state index in [4.69, 9.17) is 15.6 Å². The SMILES string of the molecule is Cn1nc(N2CCC(=O)NC2=O)c2ccc(C3CCN(CC4CCN(S(=O)(=O)N5CCC(N)CC5)CC4)CC3)cc21.O=C(O)C(F)(F)F. The average Bonchev–Trinajstić information content (AvgIpc) is 3.37. The second-order valence-corrected chi connectivity index (χ2v) is 14.9. The van der Waals surface area contributed by atoms with E-state index in [1.165, 1.54) is 5.56 Å². The number of fused-ring (bicyclic) bond motifs is 1. The Balaban J connectivity index is 0.000000582. The Morgan fingerprint density at radius 1 is 0.979 bits per heavy atom. The van der Waals surface area contributed by atoms with Gasteiger partial charge in [-0.3, -0.25) is 19.7 Å². The van der Waals surface area contributed by atoms with Crippen LogP contribution in [-0.2, 0) is 26.8 Å². The number of piperidine rings is 3. The molecule has 0 bridgehead atoms. The van der Waals surface area contributed by atoms with Crippen LogP contribution in [0, 0.1) is 5.92 Å². The molecular formula is C30H43F3N8O6S. The van der Waals surface area contributed by atoms with Crippen molar-refractivity contribution in [3.8, 4) is 0 Å². The van der Waals surface area contributed by atoms with Gasteiger partial charge in [-0.1, -0.05) is 6.07 Å². The van der Waals surface area contributed by atoms with Gasteiger partial charge in [0.05, 0.1) is 5.52 Å². The van der Waals surface area contributed by atoms with Crippen LogP contribution in [0.1, 0.15) is 56.4 Å². The predicted molar refractivity (Wildman–Crippen MR) is 170 cm³/mol. The molecule has 48 heavy (non-hydrogen) atoms. The van der Waals surface area contributed by atoms with Crippen molar-refractivity contribution < 1.29 is 41.1 Å². The number of aryl methyl sites for hydroxylation is 1. The molecule has 18 heteroatoms. The number of amides is 3. The van der Waals surface area contributed by atoms with Gasteiger partial charge in [0.2, 0.25) is 5.91 Å². The third-order valence-corrected chi connectivity index (χ3v) is 11.7. The highest BCUT2D eigenvalue weighted by Crippen LogP contribution is 2.34. The van der Waals surface area contributed by atoms with Crippen LogP contribution in [0.25, 0.3) is 10.9 Å². The minimum Gasteiger partial charge on any atom is -0.475 e.